The average molecular weight is 449 g/mol. The van der Waals surface area contributed by atoms with Crippen molar-refractivity contribution in [2.75, 3.05) is 31.5 Å². The number of amides is 2. The summed E-state index contributed by atoms with van der Waals surface area (Å²) >= 11 is 0. The smallest absolute Gasteiger partial charge is 0.256 e. The van der Waals surface area contributed by atoms with Crippen LogP contribution in [0.4, 0.5) is 10.1 Å². The van der Waals surface area contributed by atoms with Crippen LogP contribution in [0.1, 0.15) is 46.7 Å². The van der Waals surface area contributed by atoms with Gasteiger partial charge in [0.05, 0.1) is 11.1 Å². The Bertz CT molecular complexity index is 982. The second kappa shape index (κ2) is 12.1. The molecule has 2 aromatic rings. The van der Waals surface area contributed by atoms with Crippen LogP contribution in [0.5, 0.6) is 0 Å². The van der Waals surface area contributed by atoms with E-state index in [1.54, 1.807) is 12.1 Å². The highest BCUT2D eigenvalue weighted by molar-refractivity contribution is 6.34. The van der Waals surface area contributed by atoms with Gasteiger partial charge < -0.3 is 26.0 Å². The number of carbonyl (C=O) groups is 2. The summed E-state index contributed by atoms with van der Waals surface area (Å²) in [5.41, 5.74) is 4.20. The molecule has 0 saturated heterocycles. The summed E-state index contributed by atoms with van der Waals surface area (Å²) < 4.78 is 13.7. The number of likely N-dealkylation sites (N-methyl/N-ethyl adjacent to an activating group) is 1. The van der Waals surface area contributed by atoms with E-state index in [9.17, 15) is 14.0 Å². The van der Waals surface area contributed by atoms with Gasteiger partial charge in [0.1, 0.15) is 5.82 Å². The topological polar surface area (TPSA) is 161 Å². The highest BCUT2D eigenvalue weighted by Gasteiger charge is 2.26. The number of hydrogen-bond donors (Lipinski definition) is 5. The van der Waals surface area contributed by atoms with Crippen LogP contribution in [-0.4, -0.2) is 53.4 Å². The molecule has 0 unspecified atom stereocenters. The van der Waals surface area contributed by atoms with Gasteiger partial charge in [-0.1, -0.05) is 13.8 Å². The first-order valence-corrected chi connectivity index (χ1v) is 10.2. The number of H-pyrrole nitrogens is 1. The number of fused-ring (bicyclic) bond motifs is 1. The maximum Gasteiger partial charge on any atom is 0.256 e. The Morgan fingerprint density at radius 3 is 2.50 bits per heavy atom. The molecule has 32 heavy (non-hydrogen) atoms. The summed E-state index contributed by atoms with van der Waals surface area (Å²) in [6, 6.07) is 4.20. The second-order valence-corrected chi connectivity index (χ2v) is 7.15. The van der Waals surface area contributed by atoms with Gasteiger partial charge in [-0.25, -0.2) is 4.39 Å². The first-order chi connectivity index (χ1) is 14.8. The van der Waals surface area contributed by atoms with Crippen molar-refractivity contribution in [2.45, 2.75) is 27.7 Å². The van der Waals surface area contributed by atoms with Crippen molar-refractivity contribution in [3.05, 3.63) is 52.1 Å². The molecule has 1 aromatic heterocycles. The van der Waals surface area contributed by atoms with E-state index in [1.807, 2.05) is 13.8 Å². The van der Waals surface area contributed by atoms with Crippen molar-refractivity contribution in [3.8, 4) is 0 Å². The van der Waals surface area contributed by atoms with Gasteiger partial charge in [-0.3, -0.25) is 21.3 Å². The van der Waals surface area contributed by atoms with E-state index in [0.717, 1.165) is 30.9 Å². The number of aryl methyl sites for hydroxylation is 1. The minimum atomic E-state index is -0.404. The molecule has 0 atom stereocenters. The molecule has 1 aliphatic rings. The fourth-order valence-electron chi connectivity index (χ4n) is 3.66. The van der Waals surface area contributed by atoms with Crippen LogP contribution >= 0.6 is 0 Å². The molecule has 0 aliphatic carbocycles. The molecule has 10 heteroatoms. The lowest BCUT2D eigenvalue weighted by Gasteiger charge is -2.18. The van der Waals surface area contributed by atoms with Crippen LogP contribution in [-0.2, 0) is 4.79 Å². The number of hydrogen-bond acceptors (Lipinski definition) is 5. The number of rotatable bonds is 7. The summed E-state index contributed by atoms with van der Waals surface area (Å²) in [5.74, 6) is 7.16. The normalized spacial score (nSPS) is 13.2. The van der Waals surface area contributed by atoms with Gasteiger partial charge in [-0.05, 0) is 56.8 Å². The molecule has 0 radical (unpaired) electrons. The van der Waals surface area contributed by atoms with Crippen LogP contribution in [0, 0.1) is 19.7 Å². The molecule has 9 nitrogen and oxygen atoms in total. The number of benzene rings is 1. The Labute approximate surface area is 187 Å². The highest BCUT2D eigenvalue weighted by Crippen LogP contribution is 2.34. The number of halogens is 1. The zero-order valence-electron chi connectivity index (χ0n) is 18.9. The minimum Gasteiger partial charge on any atom is -0.412 e. The Kier molecular flexibility index (Phi) is 10.2. The van der Waals surface area contributed by atoms with Crippen molar-refractivity contribution in [1.82, 2.24) is 15.2 Å². The number of hydrazine groups is 1. The summed E-state index contributed by atoms with van der Waals surface area (Å²) in [6.07, 6.45) is 1.68. The van der Waals surface area contributed by atoms with E-state index >= 15 is 0 Å². The third-order valence-corrected chi connectivity index (χ3v) is 5.36. The fraction of sp³-hybridized carbons (Fsp3) is 0.364. The van der Waals surface area contributed by atoms with Gasteiger partial charge in [0, 0.05) is 35.7 Å². The summed E-state index contributed by atoms with van der Waals surface area (Å²) in [6.45, 7) is 11.1. The molecule has 0 fully saturated rings. The van der Waals surface area contributed by atoms with Crippen molar-refractivity contribution in [3.63, 3.8) is 0 Å². The van der Waals surface area contributed by atoms with Gasteiger partial charge in [0.25, 0.3) is 11.8 Å². The Balaban J connectivity index is 0.00000166. The van der Waals surface area contributed by atoms with Crippen LogP contribution < -0.4 is 22.3 Å². The molecular formula is C22H33FN6O3. The quantitative estimate of drug-likeness (QED) is 0.245. The molecule has 1 aromatic carbocycles. The van der Waals surface area contributed by atoms with Gasteiger partial charge in [0.2, 0.25) is 0 Å². The number of carbonyl (C=O) groups excluding carboxylic acids is 2. The molecule has 3 rings (SSSR count). The maximum atomic E-state index is 13.7. The summed E-state index contributed by atoms with van der Waals surface area (Å²) in [7, 11) is 0. The number of aromatic nitrogens is 1. The highest BCUT2D eigenvalue weighted by atomic mass is 19.1. The minimum absolute atomic E-state index is 0. The molecule has 9 N–H and O–H groups in total. The molecule has 0 spiro atoms. The standard InChI is InChI=1S/C22H27FN4O2.H4N2.H2O/c1-5-27(6-2)10-9-24-22(29)20-13(3)19(25-14(20)4)12-17-16-11-15(23)7-8-18(16)26-21(17)28;1-2;/h7-8,11-12,25H,5-6,9-10H2,1-4H3,(H,24,29)(H,26,28);1-2H2;1H2. The SMILES string of the molecule is CCN(CC)CCNC(=O)c1c(C)[nH]c(C=C2C(=O)Nc3ccc(F)cc32)c1C.NN.O. The van der Waals surface area contributed by atoms with Gasteiger partial charge in [-0.15, -0.1) is 0 Å². The zero-order valence-corrected chi connectivity index (χ0v) is 18.9. The first-order valence-electron chi connectivity index (χ1n) is 10.2. The summed E-state index contributed by atoms with van der Waals surface area (Å²) in [4.78, 5) is 30.5. The zero-order chi connectivity index (χ0) is 23.1. The Morgan fingerprint density at radius 2 is 1.88 bits per heavy atom. The monoisotopic (exact) mass is 448 g/mol. The van der Waals surface area contributed by atoms with Gasteiger partial charge in [-0.2, -0.15) is 0 Å². The number of anilines is 1. The van der Waals surface area contributed by atoms with Crippen molar-refractivity contribution in [1.29, 1.82) is 0 Å². The van der Waals surface area contributed by atoms with Crippen molar-refractivity contribution >= 4 is 29.2 Å². The van der Waals surface area contributed by atoms with Gasteiger partial charge >= 0.3 is 0 Å². The predicted molar refractivity (Wildman–Crippen MR) is 125 cm³/mol. The fourth-order valence-corrected chi connectivity index (χ4v) is 3.66. The van der Waals surface area contributed by atoms with E-state index in [-0.39, 0.29) is 17.3 Å². The lowest BCUT2D eigenvalue weighted by Crippen LogP contribution is -2.35. The molecule has 2 amide bonds. The van der Waals surface area contributed by atoms with Crippen LogP contribution in [0.3, 0.4) is 0 Å². The Hall–Kier alpha value is -3.05. The van der Waals surface area contributed by atoms with E-state index in [4.69, 9.17) is 0 Å². The second-order valence-electron chi connectivity index (χ2n) is 7.15. The average Bonchev–Trinajstić information content (AvgIpc) is 3.22. The number of aromatic amines is 1. The van der Waals surface area contributed by atoms with Crippen LogP contribution in [0.15, 0.2) is 18.2 Å². The van der Waals surface area contributed by atoms with Crippen LogP contribution in [0.2, 0.25) is 0 Å². The Morgan fingerprint density at radius 1 is 1.22 bits per heavy atom. The van der Waals surface area contributed by atoms with E-state index in [2.05, 4.69) is 46.1 Å². The summed E-state index contributed by atoms with van der Waals surface area (Å²) in [5, 5.41) is 5.70. The van der Waals surface area contributed by atoms with Gasteiger partial charge in [0.15, 0.2) is 0 Å². The number of nitrogens with zero attached hydrogens (tertiary/aromatic N) is 1. The predicted octanol–water partition coefficient (Wildman–Crippen LogP) is 1.33. The van der Waals surface area contributed by atoms with Crippen LogP contribution in [0.25, 0.3) is 11.6 Å². The third-order valence-electron chi connectivity index (χ3n) is 5.36. The lowest BCUT2D eigenvalue weighted by atomic mass is 10.0. The molecule has 1 aliphatic heterocycles. The molecule has 2 heterocycles. The van der Waals surface area contributed by atoms with E-state index in [1.165, 1.54) is 12.1 Å². The molecule has 0 saturated carbocycles. The molecular weight excluding hydrogens is 415 g/mol. The number of nitrogens with two attached hydrogens (primary N) is 2. The largest absolute Gasteiger partial charge is 0.412 e. The third kappa shape index (κ3) is 5.80. The van der Waals surface area contributed by atoms with E-state index < -0.39 is 5.82 Å². The first kappa shape index (κ1) is 27.0. The molecule has 176 valence electrons. The van der Waals surface area contributed by atoms with E-state index in [0.29, 0.717) is 34.6 Å². The lowest BCUT2D eigenvalue weighted by molar-refractivity contribution is -0.110. The number of nitrogens with one attached hydrogen (secondary N) is 3. The van der Waals surface area contributed by atoms with Crippen molar-refractivity contribution < 1.29 is 19.5 Å². The molecule has 0 bridgehead atoms. The van der Waals surface area contributed by atoms with Crippen molar-refractivity contribution in [2.24, 2.45) is 11.7 Å². The maximum absolute atomic E-state index is 13.7.